The molecule has 0 aliphatic carbocycles. The molecule has 1 amide bonds. The molecule has 21 heavy (non-hydrogen) atoms. The number of amides is 1. The summed E-state index contributed by atoms with van der Waals surface area (Å²) in [5.74, 6) is -0.116. The van der Waals surface area contributed by atoms with Crippen LogP contribution in [-0.2, 0) is 6.42 Å². The average molecular weight is 304 g/mol. The predicted octanol–water partition coefficient (Wildman–Crippen LogP) is 1.88. The number of rotatable bonds is 8. The number of carbonyl (C=O) groups excluding carboxylic acids is 1. The summed E-state index contributed by atoms with van der Waals surface area (Å²) in [5.41, 5.74) is 7.04. The molecule has 0 radical (unpaired) electrons. The van der Waals surface area contributed by atoms with Gasteiger partial charge in [-0.15, -0.1) is 11.3 Å². The van der Waals surface area contributed by atoms with E-state index in [0.717, 1.165) is 30.1 Å². The third-order valence-corrected chi connectivity index (χ3v) is 3.79. The Balaban J connectivity index is 1.64. The minimum absolute atomic E-state index is 0.116. The lowest BCUT2D eigenvalue weighted by Gasteiger charge is -2.06. The molecule has 5 nitrogen and oxygen atoms in total. The number of anilines is 1. The number of nitrogens with zero attached hydrogens (tertiary/aromatic N) is 1. The number of benzene rings is 1. The van der Waals surface area contributed by atoms with Crippen LogP contribution in [0.1, 0.15) is 21.9 Å². The van der Waals surface area contributed by atoms with Crippen LogP contribution in [-0.4, -0.2) is 30.5 Å². The van der Waals surface area contributed by atoms with Crippen LogP contribution in [0.4, 0.5) is 5.69 Å². The summed E-state index contributed by atoms with van der Waals surface area (Å²) in [5, 5.41) is 8.87. The molecule has 0 saturated carbocycles. The van der Waals surface area contributed by atoms with E-state index in [1.807, 2.05) is 30.3 Å². The topological polar surface area (TPSA) is 80.0 Å². The third kappa shape index (κ3) is 5.17. The van der Waals surface area contributed by atoms with E-state index in [9.17, 15) is 4.79 Å². The lowest BCUT2D eigenvalue weighted by Crippen LogP contribution is -2.26. The first-order chi connectivity index (χ1) is 10.3. The normalized spacial score (nSPS) is 10.3. The van der Waals surface area contributed by atoms with E-state index in [1.54, 1.807) is 5.38 Å². The summed E-state index contributed by atoms with van der Waals surface area (Å²) in [6, 6.07) is 10.0. The third-order valence-electron chi connectivity index (χ3n) is 2.88. The van der Waals surface area contributed by atoms with Gasteiger partial charge >= 0.3 is 0 Å². The van der Waals surface area contributed by atoms with Crippen LogP contribution in [0.5, 0.6) is 0 Å². The van der Waals surface area contributed by atoms with Crippen molar-refractivity contribution in [1.29, 1.82) is 0 Å². The fourth-order valence-corrected chi connectivity index (χ4v) is 2.62. The van der Waals surface area contributed by atoms with Crippen molar-refractivity contribution >= 4 is 22.9 Å². The maximum atomic E-state index is 11.9. The zero-order chi connectivity index (χ0) is 14.9. The van der Waals surface area contributed by atoms with Gasteiger partial charge in [-0.25, -0.2) is 4.98 Å². The van der Waals surface area contributed by atoms with Gasteiger partial charge in [-0.1, -0.05) is 18.2 Å². The summed E-state index contributed by atoms with van der Waals surface area (Å²) >= 11 is 1.48. The molecule has 0 aliphatic rings. The Labute approximate surface area is 128 Å². The van der Waals surface area contributed by atoms with E-state index in [1.165, 1.54) is 11.3 Å². The molecule has 2 aromatic rings. The van der Waals surface area contributed by atoms with Gasteiger partial charge in [0, 0.05) is 30.6 Å². The van der Waals surface area contributed by atoms with Crippen molar-refractivity contribution in [3.63, 3.8) is 0 Å². The Hall–Kier alpha value is -1.92. The Morgan fingerprint density at radius 3 is 2.81 bits per heavy atom. The zero-order valence-corrected chi connectivity index (χ0v) is 12.7. The van der Waals surface area contributed by atoms with Crippen LogP contribution in [0.15, 0.2) is 35.7 Å². The first kappa shape index (κ1) is 15.5. The van der Waals surface area contributed by atoms with E-state index in [2.05, 4.69) is 15.6 Å². The van der Waals surface area contributed by atoms with Crippen LogP contribution in [0.3, 0.4) is 0 Å². The van der Waals surface area contributed by atoms with Gasteiger partial charge in [0.05, 0.1) is 5.01 Å². The molecule has 1 aromatic carbocycles. The average Bonchev–Trinajstić information content (AvgIpc) is 2.97. The number of hydrogen-bond donors (Lipinski definition) is 3. The monoisotopic (exact) mass is 304 g/mol. The number of para-hydroxylation sites is 1. The van der Waals surface area contributed by atoms with Crippen LogP contribution in [0, 0.1) is 0 Å². The molecule has 1 heterocycles. The highest BCUT2D eigenvalue weighted by molar-refractivity contribution is 7.09. The first-order valence-corrected chi connectivity index (χ1v) is 7.89. The maximum Gasteiger partial charge on any atom is 0.270 e. The number of nitrogens with two attached hydrogens (primary N) is 1. The highest BCUT2D eigenvalue weighted by Gasteiger charge is 2.09. The predicted molar refractivity (Wildman–Crippen MR) is 86.8 cm³/mol. The number of carbonyl (C=O) groups is 1. The van der Waals surface area contributed by atoms with Crippen molar-refractivity contribution < 1.29 is 4.79 Å². The molecule has 0 fully saturated rings. The number of aromatic nitrogens is 1. The van der Waals surface area contributed by atoms with Crippen molar-refractivity contribution in [2.24, 2.45) is 5.73 Å². The van der Waals surface area contributed by atoms with Gasteiger partial charge in [0.25, 0.3) is 5.91 Å². The second kappa shape index (κ2) is 8.39. The van der Waals surface area contributed by atoms with E-state index in [-0.39, 0.29) is 5.91 Å². The Morgan fingerprint density at radius 2 is 2.05 bits per heavy atom. The lowest BCUT2D eigenvalue weighted by atomic mass is 10.3. The smallest absolute Gasteiger partial charge is 0.270 e. The fourth-order valence-electron chi connectivity index (χ4n) is 1.82. The van der Waals surface area contributed by atoms with Crippen molar-refractivity contribution in [2.75, 3.05) is 25.0 Å². The molecule has 6 heteroatoms. The van der Waals surface area contributed by atoms with Crippen LogP contribution >= 0.6 is 11.3 Å². The van der Waals surface area contributed by atoms with E-state index < -0.39 is 0 Å². The molecule has 0 unspecified atom stereocenters. The van der Waals surface area contributed by atoms with E-state index >= 15 is 0 Å². The molecule has 4 N–H and O–H groups in total. The van der Waals surface area contributed by atoms with Crippen LogP contribution in [0.25, 0.3) is 0 Å². The molecule has 2 rings (SSSR count). The van der Waals surface area contributed by atoms with Gasteiger partial charge in [-0.05, 0) is 25.1 Å². The van der Waals surface area contributed by atoms with Crippen LogP contribution in [0.2, 0.25) is 0 Å². The highest BCUT2D eigenvalue weighted by Crippen LogP contribution is 2.09. The number of nitrogens with one attached hydrogen (secondary N) is 2. The quantitative estimate of drug-likeness (QED) is 0.651. The minimum atomic E-state index is -0.116. The molecular weight excluding hydrogens is 284 g/mol. The highest BCUT2D eigenvalue weighted by atomic mass is 32.1. The van der Waals surface area contributed by atoms with Crippen molar-refractivity contribution in [2.45, 2.75) is 12.8 Å². The second-order valence-electron chi connectivity index (χ2n) is 4.57. The molecule has 0 saturated heterocycles. The SMILES string of the molecule is NCCc1nc(C(=O)NCCCNc2ccccc2)cs1. The van der Waals surface area contributed by atoms with Gasteiger partial charge in [0.15, 0.2) is 0 Å². The maximum absolute atomic E-state index is 11.9. The summed E-state index contributed by atoms with van der Waals surface area (Å²) in [6.07, 6.45) is 1.58. The molecule has 1 aromatic heterocycles. The molecular formula is C15H20N4OS. The minimum Gasteiger partial charge on any atom is -0.385 e. The van der Waals surface area contributed by atoms with Gasteiger partial charge in [-0.3, -0.25) is 4.79 Å². The fraction of sp³-hybridized carbons (Fsp3) is 0.333. The molecule has 112 valence electrons. The van der Waals surface area contributed by atoms with Crippen molar-refractivity contribution in [3.8, 4) is 0 Å². The second-order valence-corrected chi connectivity index (χ2v) is 5.51. The van der Waals surface area contributed by atoms with E-state index in [0.29, 0.717) is 18.8 Å². The summed E-state index contributed by atoms with van der Waals surface area (Å²) in [6.45, 7) is 2.00. The zero-order valence-electron chi connectivity index (χ0n) is 11.8. The molecule has 0 bridgehead atoms. The summed E-state index contributed by atoms with van der Waals surface area (Å²) in [4.78, 5) is 16.1. The van der Waals surface area contributed by atoms with Crippen LogP contribution < -0.4 is 16.4 Å². The van der Waals surface area contributed by atoms with Crippen molar-refractivity contribution in [3.05, 3.63) is 46.4 Å². The largest absolute Gasteiger partial charge is 0.385 e. The summed E-state index contributed by atoms with van der Waals surface area (Å²) < 4.78 is 0. The molecule has 0 aliphatic heterocycles. The van der Waals surface area contributed by atoms with Crippen molar-refractivity contribution in [1.82, 2.24) is 10.3 Å². The van der Waals surface area contributed by atoms with Gasteiger partial charge in [0.2, 0.25) is 0 Å². The molecule has 0 atom stereocenters. The standard InChI is InChI=1S/C15H20N4OS/c16-8-7-14-19-13(11-21-14)15(20)18-10-4-9-17-12-5-2-1-3-6-12/h1-3,5-6,11,17H,4,7-10,16H2,(H,18,20). The van der Waals surface area contributed by atoms with Gasteiger partial charge < -0.3 is 16.4 Å². The van der Waals surface area contributed by atoms with Gasteiger partial charge in [-0.2, -0.15) is 0 Å². The Kier molecular flexibility index (Phi) is 6.18. The molecule has 0 spiro atoms. The Bertz CT molecular complexity index is 556. The van der Waals surface area contributed by atoms with Gasteiger partial charge in [0.1, 0.15) is 5.69 Å². The lowest BCUT2D eigenvalue weighted by molar-refractivity contribution is 0.0949. The number of hydrogen-bond acceptors (Lipinski definition) is 5. The van der Waals surface area contributed by atoms with E-state index in [4.69, 9.17) is 5.73 Å². The summed E-state index contributed by atoms with van der Waals surface area (Å²) in [7, 11) is 0. The Morgan fingerprint density at radius 1 is 1.24 bits per heavy atom. The number of thiazole rings is 1. The first-order valence-electron chi connectivity index (χ1n) is 7.01.